The molecule has 0 aliphatic carbocycles. The second-order valence-corrected chi connectivity index (χ2v) is 9.96. The molecule has 0 aliphatic heterocycles. The smallest absolute Gasteiger partial charge is 0.416 e. The number of esters is 1. The van der Waals surface area contributed by atoms with Crippen LogP contribution in [0.25, 0.3) is 5.69 Å². The summed E-state index contributed by atoms with van der Waals surface area (Å²) in [4.78, 5) is 21.2. The third-order valence-electron chi connectivity index (χ3n) is 5.33. The zero-order valence-electron chi connectivity index (χ0n) is 21.9. The second kappa shape index (κ2) is 14.0. The van der Waals surface area contributed by atoms with Crippen molar-refractivity contribution in [1.82, 2.24) is 9.78 Å². The van der Waals surface area contributed by atoms with Crippen molar-refractivity contribution < 1.29 is 37.1 Å². The molecule has 0 fully saturated rings. The van der Waals surface area contributed by atoms with Gasteiger partial charge in [-0.2, -0.15) is 18.3 Å². The fraction of sp³-hybridized carbons (Fsp3) is 0.154. The summed E-state index contributed by atoms with van der Waals surface area (Å²) in [5.74, 6) is 0.786. The molecule has 17 heteroatoms. The average molecular weight is 682 g/mol. The minimum absolute atomic E-state index is 0.170. The van der Waals surface area contributed by atoms with Crippen LogP contribution in [0.2, 0.25) is 20.1 Å². The van der Waals surface area contributed by atoms with E-state index in [4.69, 9.17) is 61.6 Å². The highest BCUT2D eigenvalue weighted by Crippen LogP contribution is 2.39. The van der Waals surface area contributed by atoms with E-state index >= 15 is 0 Å². The molecular formula is C26H19Cl4F3N4O6. The highest BCUT2D eigenvalue weighted by atomic mass is 35.5. The van der Waals surface area contributed by atoms with Crippen LogP contribution in [0.1, 0.15) is 12.5 Å². The fourth-order valence-corrected chi connectivity index (χ4v) is 4.38. The van der Waals surface area contributed by atoms with E-state index in [0.29, 0.717) is 39.4 Å². The number of carbonyl (C=O) groups is 1. The van der Waals surface area contributed by atoms with Gasteiger partial charge >= 0.3 is 17.8 Å². The standard InChI is InChI=1S/C16H14Cl2O4.C10H5Cl2F3N4O2/c1-10(16(19)20-2)21-12-4-6-13(7-5-12)22-15-8-3-11(17)9-14(15)18;11-5-1-4(10(13,14)15)2-6(12)8(5)18-9(16)7(3-17-18)19(20)21/h3-10H,1-2H3;1-3H,16H2. The molecule has 4 rings (SSSR count). The van der Waals surface area contributed by atoms with Crippen molar-refractivity contribution in [2.75, 3.05) is 12.8 Å². The van der Waals surface area contributed by atoms with E-state index in [-0.39, 0.29) is 15.7 Å². The first-order chi connectivity index (χ1) is 20.1. The van der Waals surface area contributed by atoms with Crippen molar-refractivity contribution in [3.8, 4) is 22.9 Å². The largest absolute Gasteiger partial charge is 0.479 e. The molecule has 1 aromatic heterocycles. The van der Waals surface area contributed by atoms with E-state index in [1.54, 1.807) is 49.4 Å². The van der Waals surface area contributed by atoms with Gasteiger partial charge in [0, 0.05) is 5.02 Å². The SMILES string of the molecule is COC(=O)C(C)Oc1ccc(Oc2ccc(Cl)cc2Cl)cc1.Nc1c([N+](=O)[O-])cnn1-c1c(Cl)cc(C(F)(F)F)cc1Cl. The van der Waals surface area contributed by atoms with E-state index in [9.17, 15) is 28.1 Å². The van der Waals surface area contributed by atoms with Gasteiger partial charge in [-0.15, -0.1) is 0 Å². The molecule has 2 N–H and O–H groups in total. The molecule has 43 heavy (non-hydrogen) atoms. The minimum Gasteiger partial charge on any atom is -0.479 e. The van der Waals surface area contributed by atoms with Crippen molar-refractivity contribution in [1.29, 1.82) is 0 Å². The molecule has 0 spiro atoms. The minimum atomic E-state index is -4.63. The fourth-order valence-electron chi connectivity index (χ4n) is 3.29. The van der Waals surface area contributed by atoms with Gasteiger partial charge < -0.3 is 19.9 Å². The van der Waals surface area contributed by atoms with Crippen LogP contribution in [0.15, 0.2) is 60.8 Å². The van der Waals surface area contributed by atoms with Gasteiger partial charge in [0.15, 0.2) is 6.10 Å². The van der Waals surface area contributed by atoms with Crippen molar-refractivity contribution in [2.24, 2.45) is 0 Å². The van der Waals surface area contributed by atoms with Gasteiger partial charge in [-0.25, -0.2) is 9.48 Å². The first kappa shape index (κ1) is 33.6. The summed E-state index contributed by atoms with van der Waals surface area (Å²) in [6, 6.07) is 13.1. The number of nitrogens with zero attached hydrogens (tertiary/aromatic N) is 3. The third-order valence-corrected chi connectivity index (χ3v) is 6.44. The van der Waals surface area contributed by atoms with Crippen LogP contribution >= 0.6 is 46.4 Å². The molecule has 10 nitrogen and oxygen atoms in total. The molecular weight excluding hydrogens is 663 g/mol. The molecule has 0 aliphatic rings. The molecule has 0 bridgehead atoms. The molecule has 1 heterocycles. The van der Waals surface area contributed by atoms with Crippen molar-refractivity contribution in [3.63, 3.8) is 0 Å². The maximum Gasteiger partial charge on any atom is 0.416 e. The maximum atomic E-state index is 12.6. The molecule has 0 amide bonds. The monoisotopic (exact) mass is 680 g/mol. The lowest BCUT2D eigenvalue weighted by molar-refractivity contribution is -0.383. The number of rotatable bonds is 7. The Hall–Kier alpha value is -3.91. The predicted octanol–water partition coefficient (Wildman–Crippen LogP) is 8.41. The lowest BCUT2D eigenvalue weighted by Gasteiger charge is -2.13. The zero-order valence-corrected chi connectivity index (χ0v) is 24.9. The van der Waals surface area contributed by atoms with Crippen LogP contribution < -0.4 is 15.2 Å². The molecule has 0 saturated carbocycles. The topological polar surface area (TPSA) is 132 Å². The van der Waals surface area contributed by atoms with Crippen molar-refractivity contribution in [3.05, 3.63) is 96.6 Å². The summed E-state index contributed by atoms with van der Waals surface area (Å²) in [5.41, 5.74) is 3.78. The molecule has 1 atom stereocenters. The Morgan fingerprint density at radius 3 is 2.07 bits per heavy atom. The van der Waals surface area contributed by atoms with Crippen LogP contribution in [0, 0.1) is 10.1 Å². The number of hydrogen-bond acceptors (Lipinski definition) is 8. The van der Waals surface area contributed by atoms with E-state index in [1.165, 1.54) is 7.11 Å². The van der Waals surface area contributed by atoms with Crippen LogP contribution in [0.3, 0.4) is 0 Å². The number of alkyl halides is 3. The summed E-state index contributed by atoms with van der Waals surface area (Å²) in [6.45, 7) is 1.61. The Labute approximate surface area is 261 Å². The number of carbonyl (C=O) groups excluding carboxylic acids is 1. The van der Waals surface area contributed by atoms with Crippen LogP contribution in [-0.4, -0.2) is 33.9 Å². The molecule has 3 aromatic carbocycles. The lowest BCUT2D eigenvalue weighted by Crippen LogP contribution is -2.24. The Morgan fingerprint density at radius 2 is 1.58 bits per heavy atom. The van der Waals surface area contributed by atoms with Crippen molar-refractivity contribution >= 4 is 63.9 Å². The van der Waals surface area contributed by atoms with Gasteiger partial charge in [0.05, 0.1) is 32.7 Å². The average Bonchev–Trinajstić information content (AvgIpc) is 3.31. The highest BCUT2D eigenvalue weighted by Gasteiger charge is 2.33. The summed E-state index contributed by atoms with van der Waals surface area (Å²) in [5, 5.41) is 14.5. The quantitative estimate of drug-likeness (QED) is 0.117. The van der Waals surface area contributed by atoms with Gasteiger partial charge in [0.25, 0.3) is 0 Å². The maximum absolute atomic E-state index is 12.6. The number of ether oxygens (including phenoxy) is 3. The third kappa shape index (κ3) is 8.57. The summed E-state index contributed by atoms with van der Waals surface area (Å²) in [6.07, 6.45) is -4.46. The Kier molecular flexibility index (Phi) is 11.0. The highest BCUT2D eigenvalue weighted by molar-refractivity contribution is 6.38. The van der Waals surface area contributed by atoms with Gasteiger partial charge in [0.1, 0.15) is 29.1 Å². The number of methoxy groups -OCH3 is 1. The Balaban J connectivity index is 0.000000236. The Bertz CT molecular complexity index is 1610. The predicted molar refractivity (Wildman–Crippen MR) is 155 cm³/mol. The van der Waals surface area contributed by atoms with E-state index in [0.717, 1.165) is 10.9 Å². The molecule has 1 unspecified atom stereocenters. The van der Waals surface area contributed by atoms with Crippen molar-refractivity contribution in [2.45, 2.75) is 19.2 Å². The van der Waals surface area contributed by atoms with E-state index < -0.39 is 40.2 Å². The van der Waals surface area contributed by atoms with Gasteiger partial charge in [0.2, 0.25) is 5.82 Å². The second-order valence-electron chi connectivity index (χ2n) is 8.30. The first-order valence-electron chi connectivity index (χ1n) is 11.6. The number of benzene rings is 3. The molecule has 0 saturated heterocycles. The van der Waals surface area contributed by atoms with Gasteiger partial charge in [-0.05, 0) is 61.5 Å². The first-order valence-corrected chi connectivity index (χ1v) is 13.2. The van der Waals surface area contributed by atoms with E-state index in [1.807, 2.05) is 0 Å². The number of nitrogen functional groups attached to an aromatic ring is 1. The van der Waals surface area contributed by atoms with Crippen LogP contribution in [-0.2, 0) is 15.7 Å². The number of anilines is 1. The number of aromatic nitrogens is 2. The Morgan fingerprint density at radius 1 is 1.00 bits per heavy atom. The lowest BCUT2D eigenvalue weighted by atomic mass is 10.2. The van der Waals surface area contributed by atoms with Gasteiger partial charge in [-0.1, -0.05) is 46.4 Å². The zero-order chi connectivity index (χ0) is 32.1. The van der Waals surface area contributed by atoms with Crippen LogP contribution in [0.5, 0.6) is 17.2 Å². The molecule has 4 aromatic rings. The normalized spacial score (nSPS) is 11.7. The number of hydrogen-bond donors (Lipinski definition) is 1. The van der Waals surface area contributed by atoms with Gasteiger partial charge in [-0.3, -0.25) is 10.1 Å². The summed E-state index contributed by atoms with van der Waals surface area (Å²) < 4.78 is 54.3. The molecule has 228 valence electrons. The summed E-state index contributed by atoms with van der Waals surface area (Å²) in [7, 11) is 1.31. The summed E-state index contributed by atoms with van der Waals surface area (Å²) >= 11 is 23.4. The molecule has 0 radical (unpaired) electrons. The number of nitro groups is 1. The van der Waals surface area contributed by atoms with E-state index in [2.05, 4.69) is 9.84 Å². The van der Waals surface area contributed by atoms with Crippen LogP contribution in [0.4, 0.5) is 24.7 Å². The number of nitrogens with two attached hydrogens (primary N) is 1. The number of halogens is 7.